The van der Waals surface area contributed by atoms with E-state index in [1.807, 2.05) is 24.3 Å². The van der Waals surface area contributed by atoms with Crippen molar-refractivity contribution in [1.82, 2.24) is 9.97 Å². The van der Waals surface area contributed by atoms with E-state index < -0.39 is 0 Å². The van der Waals surface area contributed by atoms with Crippen LogP contribution in [0.5, 0.6) is 0 Å². The largest absolute Gasteiger partial charge is 0.383 e. The molecule has 0 amide bonds. The number of nitrogens with two attached hydrogens (primary N) is 1. The maximum Gasteiger partial charge on any atom is 0.161 e. The molecular formula is C16H20BrN3O. The Morgan fingerprint density at radius 2 is 1.95 bits per heavy atom. The molecule has 1 aromatic heterocycles. The second-order valence-electron chi connectivity index (χ2n) is 5.98. The summed E-state index contributed by atoms with van der Waals surface area (Å²) in [6, 6.07) is 7.99. The Bertz CT molecular complexity index is 650. The predicted octanol–water partition coefficient (Wildman–Crippen LogP) is 3.93. The molecule has 0 aliphatic carbocycles. The van der Waals surface area contributed by atoms with E-state index in [1.54, 1.807) is 7.11 Å². The summed E-state index contributed by atoms with van der Waals surface area (Å²) in [5, 5.41) is 0. The van der Waals surface area contributed by atoms with Gasteiger partial charge in [0.25, 0.3) is 0 Å². The molecule has 1 heterocycles. The van der Waals surface area contributed by atoms with Crippen LogP contribution in [0, 0.1) is 0 Å². The number of nitrogen functional groups attached to an aromatic ring is 1. The van der Waals surface area contributed by atoms with Crippen LogP contribution in [0.25, 0.3) is 11.4 Å². The number of nitrogens with zero attached hydrogens (tertiary/aromatic N) is 2. The average Bonchev–Trinajstić information content (AvgIpc) is 2.41. The highest BCUT2D eigenvalue weighted by Crippen LogP contribution is 2.33. The van der Waals surface area contributed by atoms with E-state index >= 15 is 0 Å². The third kappa shape index (κ3) is 3.60. The molecule has 0 aliphatic rings. The number of benzene rings is 1. The molecule has 0 atom stereocenters. The van der Waals surface area contributed by atoms with Crippen molar-refractivity contribution in [3.05, 3.63) is 40.0 Å². The van der Waals surface area contributed by atoms with Gasteiger partial charge in [0, 0.05) is 18.1 Å². The van der Waals surface area contributed by atoms with Crippen LogP contribution >= 0.6 is 15.9 Å². The van der Waals surface area contributed by atoms with Gasteiger partial charge in [0.1, 0.15) is 5.82 Å². The first kappa shape index (κ1) is 15.9. The van der Waals surface area contributed by atoms with Crippen LogP contribution in [0.1, 0.15) is 32.0 Å². The van der Waals surface area contributed by atoms with Crippen LogP contribution in [0.4, 0.5) is 5.82 Å². The summed E-state index contributed by atoms with van der Waals surface area (Å²) >= 11 is 3.49. The lowest BCUT2D eigenvalue weighted by molar-refractivity contribution is 0.185. The van der Waals surface area contributed by atoms with Crippen LogP contribution in [-0.4, -0.2) is 17.1 Å². The molecule has 0 radical (unpaired) electrons. The Labute approximate surface area is 133 Å². The first-order valence-corrected chi connectivity index (χ1v) is 7.54. The molecule has 0 bridgehead atoms. The molecule has 0 aliphatic heterocycles. The lowest BCUT2D eigenvalue weighted by Crippen LogP contribution is -2.17. The Kier molecular flexibility index (Phi) is 4.64. The summed E-state index contributed by atoms with van der Waals surface area (Å²) < 4.78 is 5.94. The molecule has 0 unspecified atom stereocenters. The Morgan fingerprint density at radius 1 is 1.24 bits per heavy atom. The molecule has 2 aromatic rings. The van der Waals surface area contributed by atoms with E-state index in [2.05, 4.69) is 41.7 Å². The fourth-order valence-electron chi connectivity index (χ4n) is 2.06. The molecule has 0 spiro atoms. The van der Waals surface area contributed by atoms with Crippen LogP contribution in [0.3, 0.4) is 0 Å². The second-order valence-corrected chi connectivity index (χ2v) is 6.77. The summed E-state index contributed by atoms with van der Waals surface area (Å²) in [6.45, 7) is 6.87. The summed E-state index contributed by atoms with van der Waals surface area (Å²) in [7, 11) is 1.68. The highest BCUT2D eigenvalue weighted by atomic mass is 79.9. The van der Waals surface area contributed by atoms with E-state index in [0.29, 0.717) is 18.2 Å². The van der Waals surface area contributed by atoms with Crippen LogP contribution < -0.4 is 5.73 Å². The highest BCUT2D eigenvalue weighted by Gasteiger charge is 2.22. The van der Waals surface area contributed by atoms with E-state index in [-0.39, 0.29) is 5.41 Å². The van der Waals surface area contributed by atoms with E-state index in [0.717, 1.165) is 21.3 Å². The maximum absolute atomic E-state index is 6.03. The summed E-state index contributed by atoms with van der Waals surface area (Å²) in [5.74, 6) is 1.10. The summed E-state index contributed by atoms with van der Waals surface area (Å²) in [6.07, 6.45) is 0. The average molecular weight is 350 g/mol. The van der Waals surface area contributed by atoms with E-state index in [9.17, 15) is 0 Å². The topological polar surface area (TPSA) is 61.0 Å². The van der Waals surface area contributed by atoms with Crippen molar-refractivity contribution >= 4 is 21.7 Å². The number of halogens is 1. The normalized spacial score (nSPS) is 11.7. The molecule has 2 rings (SSSR count). The number of aromatic nitrogens is 2. The van der Waals surface area contributed by atoms with Gasteiger partial charge >= 0.3 is 0 Å². The summed E-state index contributed by atoms with van der Waals surface area (Å²) in [4.78, 5) is 9.09. The zero-order chi connectivity index (χ0) is 15.6. The van der Waals surface area contributed by atoms with Crippen LogP contribution in [0.2, 0.25) is 0 Å². The lowest BCUT2D eigenvalue weighted by Gasteiger charge is -2.21. The van der Waals surface area contributed by atoms with Crippen molar-refractivity contribution in [2.45, 2.75) is 32.8 Å². The molecule has 2 N–H and O–H groups in total. The minimum atomic E-state index is -0.116. The summed E-state index contributed by atoms with van der Waals surface area (Å²) in [5.41, 5.74) is 8.84. The maximum atomic E-state index is 6.03. The molecule has 0 saturated carbocycles. The molecule has 5 heteroatoms. The zero-order valence-corrected chi connectivity index (χ0v) is 14.4. The second kappa shape index (κ2) is 6.12. The molecule has 1 aromatic carbocycles. The Morgan fingerprint density at radius 3 is 2.57 bits per heavy atom. The van der Waals surface area contributed by atoms with E-state index in [4.69, 9.17) is 15.5 Å². The van der Waals surface area contributed by atoms with Gasteiger partial charge in [-0.1, -0.05) is 39.0 Å². The molecule has 0 fully saturated rings. The van der Waals surface area contributed by atoms with Gasteiger partial charge in [-0.3, -0.25) is 0 Å². The smallest absolute Gasteiger partial charge is 0.161 e. The third-order valence-corrected chi connectivity index (χ3v) is 3.87. The van der Waals surface area contributed by atoms with Gasteiger partial charge in [0.05, 0.1) is 16.8 Å². The molecule has 4 nitrogen and oxygen atoms in total. The lowest BCUT2D eigenvalue weighted by atomic mass is 9.91. The fraction of sp³-hybridized carbons (Fsp3) is 0.375. The molecular weight excluding hydrogens is 330 g/mol. The van der Waals surface area contributed by atoms with Gasteiger partial charge in [-0.2, -0.15) is 0 Å². The molecule has 21 heavy (non-hydrogen) atoms. The van der Waals surface area contributed by atoms with E-state index in [1.165, 1.54) is 0 Å². The SMILES string of the molecule is COCc1cccc(-c2nc(N)c(Br)c(C(C)(C)C)n2)c1. The van der Waals surface area contributed by atoms with Gasteiger partial charge < -0.3 is 10.5 Å². The standard InChI is InChI=1S/C16H20BrN3O/c1-16(2,3)13-12(17)14(18)20-15(19-13)11-7-5-6-10(8-11)9-21-4/h5-8H,9H2,1-4H3,(H2,18,19,20). The first-order valence-electron chi connectivity index (χ1n) is 6.74. The van der Waals surface area contributed by atoms with Crippen LogP contribution in [-0.2, 0) is 16.8 Å². The fourth-order valence-corrected chi connectivity index (χ4v) is 2.83. The van der Waals surface area contributed by atoms with Crippen molar-refractivity contribution in [1.29, 1.82) is 0 Å². The van der Waals surface area contributed by atoms with Crippen LogP contribution in [0.15, 0.2) is 28.7 Å². The minimum Gasteiger partial charge on any atom is -0.383 e. The van der Waals surface area contributed by atoms with Gasteiger partial charge in [0.2, 0.25) is 0 Å². The molecule has 112 valence electrons. The Hall–Kier alpha value is -1.46. The number of hydrogen-bond acceptors (Lipinski definition) is 4. The first-order chi connectivity index (χ1) is 9.82. The monoisotopic (exact) mass is 349 g/mol. The van der Waals surface area contributed by atoms with Crippen molar-refractivity contribution < 1.29 is 4.74 Å². The van der Waals surface area contributed by atoms with Crippen molar-refractivity contribution in [2.24, 2.45) is 0 Å². The zero-order valence-electron chi connectivity index (χ0n) is 12.8. The highest BCUT2D eigenvalue weighted by molar-refractivity contribution is 9.10. The van der Waals surface area contributed by atoms with Crippen molar-refractivity contribution in [2.75, 3.05) is 12.8 Å². The van der Waals surface area contributed by atoms with Gasteiger partial charge in [-0.25, -0.2) is 9.97 Å². The van der Waals surface area contributed by atoms with Gasteiger partial charge in [-0.15, -0.1) is 0 Å². The number of ether oxygens (including phenoxy) is 1. The number of anilines is 1. The van der Waals surface area contributed by atoms with Crippen molar-refractivity contribution in [3.63, 3.8) is 0 Å². The van der Waals surface area contributed by atoms with Crippen molar-refractivity contribution in [3.8, 4) is 11.4 Å². The third-order valence-electron chi connectivity index (χ3n) is 3.08. The Balaban J connectivity index is 2.54. The minimum absolute atomic E-state index is 0.116. The predicted molar refractivity (Wildman–Crippen MR) is 89.0 cm³/mol. The quantitative estimate of drug-likeness (QED) is 0.911. The number of hydrogen-bond donors (Lipinski definition) is 1. The van der Waals surface area contributed by atoms with Gasteiger partial charge in [0.15, 0.2) is 5.82 Å². The number of methoxy groups -OCH3 is 1. The van der Waals surface area contributed by atoms with Gasteiger partial charge in [-0.05, 0) is 27.6 Å². The number of rotatable bonds is 3. The molecule has 0 saturated heterocycles.